The summed E-state index contributed by atoms with van der Waals surface area (Å²) < 4.78 is 2.23. The van der Waals surface area contributed by atoms with E-state index in [4.69, 9.17) is 5.73 Å². The highest BCUT2D eigenvalue weighted by Gasteiger charge is 2.34. The lowest BCUT2D eigenvalue weighted by atomic mass is 10.2. The number of rotatable bonds is 5. The van der Waals surface area contributed by atoms with Gasteiger partial charge in [-0.15, -0.1) is 0 Å². The minimum absolute atomic E-state index is 0.291. The molecule has 0 radical (unpaired) electrons. The van der Waals surface area contributed by atoms with Crippen molar-refractivity contribution in [1.29, 1.82) is 0 Å². The Morgan fingerprint density at radius 3 is 3.00 bits per heavy atom. The Morgan fingerprint density at radius 2 is 2.28 bits per heavy atom. The van der Waals surface area contributed by atoms with Crippen molar-refractivity contribution < 1.29 is 0 Å². The van der Waals surface area contributed by atoms with Gasteiger partial charge < -0.3 is 15.2 Å². The van der Waals surface area contributed by atoms with E-state index in [-0.39, 0.29) is 0 Å². The molecule has 1 aromatic heterocycles. The van der Waals surface area contributed by atoms with E-state index in [0.29, 0.717) is 12.0 Å². The molecular weight excluding hydrogens is 226 g/mol. The van der Waals surface area contributed by atoms with Gasteiger partial charge in [0, 0.05) is 13.1 Å². The molecule has 2 N–H and O–H groups in total. The molecular formula is C13H21N5. The first kappa shape index (κ1) is 11.6. The normalized spacial score (nSPS) is 23.5. The van der Waals surface area contributed by atoms with Crippen LogP contribution in [0.25, 0.3) is 0 Å². The first-order valence-corrected chi connectivity index (χ1v) is 6.86. The standard InChI is InChI=1S/C13H21N5/c1-2-5-17-9-15-6-11(17)12-7-16-13(14)18(12)8-10-3-4-10/h6,9-10,12H,2-5,7-8H2,1H3,(H2,14,16). The summed E-state index contributed by atoms with van der Waals surface area (Å²) in [6.07, 6.45) is 7.68. The average molecular weight is 247 g/mol. The maximum Gasteiger partial charge on any atom is 0.191 e. The summed E-state index contributed by atoms with van der Waals surface area (Å²) in [5.74, 6) is 1.53. The van der Waals surface area contributed by atoms with Crippen LogP contribution in [0, 0.1) is 5.92 Å². The smallest absolute Gasteiger partial charge is 0.191 e. The first-order chi connectivity index (χ1) is 8.79. The first-order valence-electron chi connectivity index (χ1n) is 6.86. The summed E-state index contributed by atoms with van der Waals surface area (Å²) >= 11 is 0. The van der Waals surface area contributed by atoms with Gasteiger partial charge in [-0.2, -0.15) is 0 Å². The number of aromatic nitrogens is 2. The van der Waals surface area contributed by atoms with Gasteiger partial charge in [-0.3, -0.25) is 4.99 Å². The van der Waals surface area contributed by atoms with Crippen molar-refractivity contribution >= 4 is 5.96 Å². The Morgan fingerprint density at radius 1 is 1.44 bits per heavy atom. The lowest BCUT2D eigenvalue weighted by molar-refractivity contribution is 0.320. The monoisotopic (exact) mass is 247 g/mol. The molecule has 1 fully saturated rings. The maximum atomic E-state index is 6.02. The van der Waals surface area contributed by atoms with Crippen LogP contribution in [-0.4, -0.2) is 33.5 Å². The average Bonchev–Trinajstić information content (AvgIpc) is 2.95. The summed E-state index contributed by atoms with van der Waals surface area (Å²) in [5.41, 5.74) is 7.27. The molecule has 18 heavy (non-hydrogen) atoms. The van der Waals surface area contributed by atoms with Crippen molar-refractivity contribution in [2.24, 2.45) is 16.6 Å². The van der Waals surface area contributed by atoms with Crippen LogP contribution >= 0.6 is 0 Å². The second kappa shape index (κ2) is 4.63. The predicted octanol–water partition coefficient (Wildman–Crippen LogP) is 1.37. The molecule has 98 valence electrons. The molecule has 0 spiro atoms. The molecule has 1 aromatic rings. The predicted molar refractivity (Wildman–Crippen MR) is 71.2 cm³/mol. The fraction of sp³-hybridized carbons (Fsp3) is 0.692. The molecule has 1 saturated carbocycles. The lowest BCUT2D eigenvalue weighted by Crippen LogP contribution is -2.38. The van der Waals surface area contributed by atoms with Gasteiger partial charge in [0.05, 0.1) is 30.8 Å². The third kappa shape index (κ3) is 2.09. The molecule has 0 amide bonds. The van der Waals surface area contributed by atoms with Crippen LogP contribution < -0.4 is 5.73 Å². The van der Waals surface area contributed by atoms with E-state index < -0.39 is 0 Å². The number of nitrogens with zero attached hydrogens (tertiary/aromatic N) is 4. The van der Waals surface area contributed by atoms with Gasteiger partial charge in [0.1, 0.15) is 0 Å². The van der Waals surface area contributed by atoms with Crippen molar-refractivity contribution in [3.63, 3.8) is 0 Å². The highest BCUT2D eigenvalue weighted by atomic mass is 15.3. The van der Waals surface area contributed by atoms with Crippen molar-refractivity contribution in [1.82, 2.24) is 14.5 Å². The Labute approximate surface area is 108 Å². The van der Waals surface area contributed by atoms with E-state index in [0.717, 1.165) is 32.0 Å². The van der Waals surface area contributed by atoms with E-state index in [1.165, 1.54) is 18.5 Å². The number of aryl methyl sites for hydroxylation is 1. The van der Waals surface area contributed by atoms with Gasteiger partial charge in [-0.05, 0) is 25.2 Å². The summed E-state index contributed by atoms with van der Waals surface area (Å²) in [5, 5.41) is 0. The van der Waals surface area contributed by atoms with Crippen molar-refractivity contribution in [2.75, 3.05) is 13.1 Å². The summed E-state index contributed by atoms with van der Waals surface area (Å²) in [4.78, 5) is 11.0. The molecule has 5 nitrogen and oxygen atoms in total. The van der Waals surface area contributed by atoms with Gasteiger partial charge >= 0.3 is 0 Å². The maximum absolute atomic E-state index is 6.02. The quantitative estimate of drug-likeness (QED) is 0.855. The van der Waals surface area contributed by atoms with Crippen molar-refractivity contribution in [2.45, 2.75) is 38.8 Å². The van der Waals surface area contributed by atoms with Crippen LogP contribution in [0.5, 0.6) is 0 Å². The van der Waals surface area contributed by atoms with Crippen LogP contribution in [0.4, 0.5) is 0 Å². The summed E-state index contributed by atoms with van der Waals surface area (Å²) in [7, 11) is 0. The molecule has 2 heterocycles. The van der Waals surface area contributed by atoms with E-state index in [1.807, 2.05) is 12.5 Å². The molecule has 0 saturated heterocycles. The number of hydrogen-bond donors (Lipinski definition) is 1. The molecule has 5 heteroatoms. The minimum atomic E-state index is 0.291. The number of guanidine groups is 1. The zero-order valence-electron chi connectivity index (χ0n) is 10.9. The molecule has 1 aliphatic heterocycles. The highest BCUT2D eigenvalue weighted by molar-refractivity contribution is 5.80. The topological polar surface area (TPSA) is 59.4 Å². The van der Waals surface area contributed by atoms with Gasteiger partial charge in [-0.25, -0.2) is 4.98 Å². The third-order valence-corrected chi connectivity index (χ3v) is 3.80. The number of imidazole rings is 1. The largest absolute Gasteiger partial charge is 0.370 e. The Kier molecular flexibility index (Phi) is 2.97. The molecule has 3 rings (SSSR count). The van der Waals surface area contributed by atoms with Gasteiger partial charge in [0.25, 0.3) is 0 Å². The molecule has 1 aliphatic carbocycles. The number of hydrogen-bond acceptors (Lipinski definition) is 4. The fourth-order valence-electron chi connectivity index (χ4n) is 2.62. The second-order valence-electron chi connectivity index (χ2n) is 5.32. The Balaban J connectivity index is 1.79. The van der Waals surface area contributed by atoms with Crippen LogP contribution in [0.3, 0.4) is 0 Å². The summed E-state index contributed by atoms with van der Waals surface area (Å²) in [6, 6.07) is 0.291. The zero-order valence-corrected chi connectivity index (χ0v) is 10.9. The molecule has 0 aromatic carbocycles. The Bertz CT molecular complexity index is 446. The Hall–Kier alpha value is -1.52. The van der Waals surface area contributed by atoms with Crippen molar-refractivity contribution in [3.8, 4) is 0 Å². The minimum Gasteiger partial charge on any atom is -0.370 e. The lowest BCUT2D eigenvalue weighted by Gasteiger charge is -2.26. The fourth-order valence-corrected chi connectivity index (χ4v) is 2.62. The van der Waals surface area contributed by atoms with E-state index in [9.17, 15) is 0 Å². The van der Waals surface area contributed by atoms with Crippen LogP contribution in [0.15, 0.2) is 17.5 Å². The zero-order chi connectivity index (χ0) is 12.5. The molecule has 2 aliphatic rings. The SMILES string of the molecule is CCCn1cncc1C1CN=C(N)N1CC1CC1. The van der Waals surface area contributed by atoms with Crippen LogP contribution in [-0.2, 0) is 6.54 Å². The number of aliphatic imine (C=N–C) groups is 1. The highest BCUT2D eigenvalue weighted by Crippen LogP contribution is 2.34. The van der Waals surface area contributed by atoms with Crippen LogP contribution in [0.2, 0.25) is 0 Å². The third-order valence-electron chi connectivity index (χ3n) is 3.80. The van der Waals surface area contributed by atoms with E-state index >= 15 is 0 Å². The van der Waals surface area contributed by atoms with Gasteiger partial charge in [-0.1, -0.05) is 6.92 Å². The van der Waals surface area contributed by atoms with Gasteiger partial charge in [0.15, 0.2) is 5.96 Å². The van der Waals surface area contributed by atoms with Crippen LogP contribution in [0.1, 0.15) is 37.9 Å². The number of nitrogens with two attached hydrogens (primary N) is 1. The van der Waals surface area contributed by atoms with E-state index in [1.54, 1.807) is 0 Å². The second-order valence-corrected chi connectivity index (χ2v) is 5.32. The molecule has 1 unspecified atom stereocenters. The molecule has 1 atom stereocenters. The van der Waals surface area contributed by atoms with E-state index in [2.05, 4.69) is 26.4 Å². The molecule has 0 bridgehead atoms. The van der Waals surface area contributed by atoms with Crippen molar-refractivity contribution in [3.05, 3.63) is 18.2 Å². The summed E-state index contributed by atoms with van der Waals surface area (Å²) in [6.45, 7) is 5.03. The van der Waals surface area contributed by atoms with Gasteiger partial charge in [0.2, 0.25) is 0 Å².